The molecule has 0 unspecified atom stereocenters. The monoisotopic (exact) mass is 362 g/mol. The molecule has 6 nitrogen and oxygen atoms in total. The Morgan fingerprint density at radius 3 is 2.52 bits per heavy atom. The summed E-state index contributed by atoms with van der Waals surface area (Å²) in [6, 6.07) is 8.08. The van der Waals surface area contributed by atoms with Gasteiger partial charge in [-0.2, -0.15) is 5.10 Å². The predicted molar refractivity (Wildman–Crippen MR) is 108 cm³/mol. The molecule has 4 aromatic heterocycles. The fourth-order valence-electron chi connectivity index (χ4n) is 3.76. The largest absolute Gasteiger partial charge is 0.367 e. The molecule has 4 heterocycles. The van der Waals surface area contributed by atoms with Crippen LogP contribution in [0.25, 0.3) is 22.2 Å². The molecule has 0 aromatic carbocycles. The lowest BCUT2D eigenvalue weighted by Gasteiger charge is -2.28. The van der Waals surface area contributed by atoms with Crippen LogP contribution in [0.3, 0.4) is 0 Å². The highest BCUT2D eigenvalue weighted by Crippen LogP contribution is 2.34. The summed E-state index contributed by atoms with van der Waals surface area (Å²) in [4.78, 5) is 4.05. The van der Waals surface area contributed by atoms with Crippen LogP contribution in [0.4, 0.5) is 5.95 Å². The maximum absolute atomic E-state index is 5.58. The fraction of sp³-hybridized carbons (Fsp3) is 0.381. The van der Waals surface area contributed by atoms with Crippen LogP contribution in [0, 0.1) is 5.41 Å². The zero-order chi connectivity index (χ0) is 18.9. The minimum atomic E-state index is 0.265. The molecule has 0 radical (unpaired) electrons. The summed E-state index contributed by atoms with van der Waals surface area (Å²) in [5, 5.41) is 8.33. The summed E-state index contributed by atoms with van der Waals surface area (Å²) in [5.41, 5.74) is 10.4. The van der Waals surface area contributed by atoms with Gasteiger partial charge in [0.1, 0.15) is 0 Å². The molecule has 27 heavy (non-hydrogen) atoms. The molecule has 0 amide bonds. The third-order valence-corrected chi connectivity index (χ3v) is 5.35. The summed E-state index contributed by atoms with van der Waals surface area (Å²) < 4.78 is 3.56. The van der Waals surface area contributed by atoms with Gasteiger partial charge in [0.05, 0.1) is 17.2 Å². The number of nitrogens with two attached hydrogens (primary N) is 1. The quantitative estimate of drug-likeness (QED) is 0.537. The molecule has 4 aromatic rings. The molecule has 140 valence electrons. The topological polar surface area (TPSA) is 73.5 Å². The van der Waals surface area contributed by atoms with E-state index in [1.165, 1.54) is 32.1 Å². The maximum Gasteiger partial charge on any atom is 0.238 e. The van der Waals surface area contributed by atoms with Gasteiger partial charge >= 0.3 is 0 Å². The van der Waals surface area contributed by atoms with E-state index >= 15 is 0 Å². The van der Waals surface area contributed by atoms with Crippen LogP contribution in [0.2, 0.25) is 0 Å². The number of hydrogen-bond donors (Lipinski definition) is 1. The van der Waals surface area contributed by atoms with Gasteiger partial charge in [-0.05, 0) is 48.1 Å². The molecule has 0 spiro atoms. The first kappa shape index (κ1) is 17.5. The molecule has 1 fully saturated rings. The molecule has 1 aliphatic carbocycles. The Bertz CT molecular complexity index is 1050. The molecule has 0 bridgehead atoms. The number of anilines is 1. The van der Waals surface area contributed by atoms with Crippen molar-refractivity contribution in [3.05, 3.63) is 49.1 Å². The average Bonchev–Trinajstić information content (AvgIpc) is 3.27. The van der Waals surface area contributed by atoms with Crippen molar-refractivity contribution in [2.75, 3.05) is 5.73 Å². The lowest BCUT2D eigenvalue weighted by Crippen LogP contribution is -2.14. The van der Waals surface area contributed by atoms with Crippen LogP contribution in [0.15, 0.2) is 49.1 Å². The second kappa shape index (κ2) is 7.02. The molecule has 0 atom stereocenters. The van der Waals surface area contributed by atoms with Crippen molar-refractivity contribution in [2.24, 2.45) is 5.41 Å². The Morgan fingerprint density at radius 2 is 1.78 bits per heavy atom. The number of hydrogen-bond acceptors (Lipinski definition) is 4. The van der Waals surface area contributed by atoms with Gasteiger partial charge in [-0.25, -0.2) is 14.0 Å². The second-order valence-electron chi connectivity index (χ2n) is 8.02. The van der Waals surface area contributed by atoms with Crippen molar-refractivity contribution in [1.82, 2.24) is 24.2 Å². The van der Waals surface area contributed by atoms with Gasteiger partial charge in [0, 0.05) is 24.2 Å². The van der Waals surface area contributed by atoms with Gasteiger partial charge in [-0.1, -0.05) is 33.1 Å². The summed E-state index contributed by atoms with van der Waals surface area (Å²) in [7, 11) is 0. The van der Waals surface area contributed by atoms with Crippen LogP contribution >= 0.6 is 0 Å². The van der Waals surface area contributed by atoms with E-state index in [-0.39, 0.29) is 5.95 Å². The van der Waals surface area contributed by atoms with Crippen molar-refractivity contribution >= 4 is 17.0 Å². The van der Waals surface area contributed by atoms with E-state index in [0.717, 1.165) is 22.2 Å². The highest BCUT2D eigenvalue weighted by molar-refractivity contribution is 5.82. The second-order valence-corrected chi connectivity index (χ2v) is 8.02. The number of fused-ring (bicyclic) bond motifs is 2. The standard InChI is InChI=1S/C13H10N6.C8H16/c14-13-15-8-12-11(3-6-19(12)17-13)9-2-5-18-10(7-9)1-4-16-18;1-8(2)6-4-3-5-7-8/h1-8H,(H2,14,17);3-7H2,1-2H3. The van der Waals surface area contributed by atoms with Crippen LogP contribution in [-0.2, 0) is 0 Å². The lowest BCUT2D eigenvalue weighted by atomic mass is 9.78. The number of pyridine rings is 1. The SMILES string of the molecule is CC1(C)CCCCC1.Nc1ncc2c(-c3ccn4nccc4c3)ccn2n1. The van der Waals surface area contributed by atoms with Gasteiger partial charge in [-0.15, -0.1) is 5.10 Å². The highest BCUT2D eigenvalue weighted by atomic mass is 15.3. The molecule has 1 saturated carbocycles. The predicted octanol–water partition coefficient (Wildman–Crippen LogP) is 4.60. The molecule has 1 aliphatic rings. The minimum Gasteiger partial charge on any atom is -0.367 e. The van der Waals surface area contributed by atoms with Gasteiger partial charge in [-0.3, -0.25) is 0 Å². The van der Waals surface area contributed by atoms with E-state index in [4.69, 9.17) is 5.73 Å². The van der Waals surface area contributed by atoms with Crippen molar-refractivity contribution in [3.8, 4) is 11.1 Å². The molecule has 2 N–H and O–H groups in total. The zero-order valence-corrected chi connectivity index (χ0v) is 16.0. The maximum atomic E-state index is 5.58. The first-order valence-corrected chi connectivity index (χ1v) is 9.56. The fourth-order valence-corrected chi connectivity index (χ4v) is 3.76. The van der Waals surface area contributed by atoms with E-state index in [1.807, 2.05) is 35.1 Å². The third kappa shape index (κ3) is 3.79. The van der Waals surface area contributed by atoms with Crippen LogP contribution in [0.1, 0.15) is 46.0 Å². The summed E-state index contributed by atoms with van der Waals surface area (Å²) in [5.74, 6) is 0.265. The molecule has 0 aliphatic heterocycles. The Balaban J connectivity index is 0.000000190. The molecule has 6 heteroatoms. The zero-order valence-electron chi connectivity index (χ0n) is 16.0. The normalized spacial score (nSPS) is 16.2. The summed E-state index contributed by atoms with van der Waals surface area (Å²) in [6.07, 6.45) is 14.6. The van der Waals surface area contributed by atoms with Gasteiger partial charge in [0.2, 0.25) is 5.95 Å². The van der Waals surface area contributed by atoms with Crippen molar-refractivity contribution in [1.29, 1.82) is 0 Å². The Kier molecular flexibility index (Phi) is 4.56. The number of aromatic nitrogens is 5. The number of nitrogen functional groups attached to an aromatic ring is 1. The molecule has 5 rings (SSSR count). The summed E-state index contributed by atoms with van der Waals surface area (Å²) in [6.45, 7) is 4.76. The number of nitrogens with zero attached hydrogens (tertiary/aromatic N) is 5. The average molecular weight is 362 g/mol. The molecular formula is C21H26N6. The molecule has 0 saturated heterocycles. The van der Waals surface area contributed by atoms with Crippen molar-refractivity contribution in [2.45, 2.75) is 46.0 Å². The Hall–Kier alpha value is -2.89. The van der Waals surface area contributed by atoms with E-state index in [9.17, 15) is 0 Å². The highest BCUT2D eigenvalue weighted by Gasteiger charge is 2.19. The number of rotatable bonds is 1. The van der Waals surface area contributed by atoms with Gasteiger partial charge < -0.3 is 5.73 Å². The van der Waals surface area contributed by atoms with Crippen LogP contribution < -0.4 is 5.73 Å². The molecular weight excluding hydrogens is 336 g/mol. The smallest absolute Gasteiger partial charge is 0.238 e. The minimum absolute atomic E-state index is 0.265. The lowest BCUT2D eigenvalue weighted by molar-refractivity contribution is 0.244. The van der Waals surface area contributed by atoms with Crippen molar-refractivity contribution in [3.63, 3.8) is 0 Å². The third-order valence-electron chi connectivity index (χ3n) is 5.35. The van der Waals surface area contributed by atoms with E-state index in [1.54, 1.807) is 16.9 Å². The Labute approximate surface area is 159 Å². The first-order chi connectivity index (χ1) is 13.0. The van der Waals surface area contributed by atoms with Crippen LogP contribution in [-0.4, -0.2) is 24.2 Å². The van der Waals surface area contributed by atoms with Crippen LogP contribution in [0.5, 0.6) is 0 Å². The first-order valence-electron chi connectivity index (χ1n) is 9.56. The van der Waals surface area contributed by atoms with Gasteiger partial charge in [0.25, 0.3) is 0 Å². The Morgan fingerprint density at radius 1 is 1.00 bits per heavy atom. The van der Waals surface area contributed by atoms with E-state index in [2.05, 4.69) is 35.1 Å². The van der Waals surface area contributed by atoms with Gasteiger partial charge in [0.15, 0.2) is 0 Å². The van der Waals surface area contributed by atoms with Crippen molar-refractivity contribution < 1.29 is 0 Å². The van der Waals surface area contributed by atoms with E-state index in [0.29, 0.717) is 5.41 Å². The van der Waals surface area contributed by atoms with E-state index < -0.39 is 0 Å². The summed E-state index contributed by atoms with van der Waals surface area (Å²) >= 11 is 0.